The van der Waals surface area contributed by atoms with Gasteiger partial charge >= 0.3 is 0 Å². The highest BCUT2D eigenvalue weighted by Gasteiger charge is 2.39. The number of nitrogens with zero attached hydrogens (tertiary/aromatic N) is 2. The third kappa shape index (κ3) is 2.13. The summed E-state index contributed by atoms with van der Waals surface area (Å²) in [5, 5.41) is 8.26. The number of nitrogens with one attached hydrogen (secondary N) is 1. The van der Waals surface area contributed by atoms with Gasteiger partial charge in [-0.05, 0) is 37.5 Å². The van der Waals surface area contributed by atoms with E-state index in [-0.39, 0.29) is 0 Å². The molecule has 3 atom stereocenters. The number of hydrogen-bond donors (Lipinski definition) is 1. The first-order chi connectivity index (χ1) is 8.26. The van der Waals surface area contributed by atoms with E-state index < -0.39 is 0 Å². The predicted molar refractivity (Wildman–Crippen MR) is 68.7 cm³/mol. The van der Waals surface area contributed by atoms with E-state index >= 15 is 0 Å². The Hall–Kier alpha value is -0.830. The molecular weight excluding hydrogens is 210 g/mol. The minimum atomic E-state index is 0.777. The number of aromatic nitrogens is 2. The van der Waals surface area contributed by atoms with Gasteiger partial charge in [0.15, 0.2) is 0 Å². The third-order valence-electron chi connectivity index (χ3n) is 4.62. The standard InChI is InChI=1S/C14H23N3/c1-3-13-12(9-17(2)16-13)8-15-14-7-10-4-5-11(14)6-10/h9-11,14-15H,3-8H2,1-2H3. The Kier molecular flexibility index (Phi) is 2.95. The summed E-state index contributed by atoms with van der Waals surface area (Å²) in [6, 6.07) is 0.777. The molecule has 1 aromatic rings. The monoisotopic (exact) mass is 233 g/mol. The van der Waals surface area contributed by atoms with Gasteiger partial charge in [0, 0.05) is 31.4 Å². The van der Waals surface area contributed by atoms with Crippen molar-refractivity contribution in [2.24, 2.45) is 18.9 Å². The number of fused-ring (bicyclic) bond motifs is 2. The third-order valence-corrected chi connectivity index (χ3v) is 4.62. The molecule has 2 saturated carbocycles. The molecule has 2 fully saturated rings. The van der Waals surface area contributed by atoms with E-state index in [9.17, 15) is 0 Å². The summed E-state index contributed by atoms with van der Waals surface area (Å²) in [5.74, 6) is 1.98. The van der Waals surface area contributed by atoms with Crippen LogP contribution in [0.15, 0.2) is 6.20 Å². The Labute approximate surface area is 104 Å². The van der Waals surface area contributed by atoms with Crippen LogP contribution < -0.4 is 5.32 Å². The van der Waals surface area contributed by atoms with Gasteiger partial charge in [-0.25, -0.2) is 0 Å². The van der Waals surface area contributed by atoms with Crippen molar-refractivity contribution < 1.29 is 0 Å². The summed E-state index contributed by atoms with van der Waals surface area (Å²) in [7, 11) is 2.01. The van der Waals surface area contributed by atoms with Crippen LogP contribution in [-0.2, 0) is 20.0 Å². The van der Waals surface area contributed by atoms with Crippen LogP contribution in [0, 0.1) is 11.8 Å². The largest absolute Gasteiger partial charge is 0.310 e. The molecule has 1 N–H and O–H groups in total. The number of aryl methyl sites for hydroxylation is 2. The van der Waals surface area contributed by atoms with E-state index in [4.69, 9.17) is 0 Å². The summed E-state index contributed by atoms with van der Waals surface area (Å²) < 4.78 is 1.94. The fourth-order valence-corrected chi connectivity index (χ4v) is 3.76. The molecule has 0 radical (unpaired) electrons. The zero-order valence-corrected chi connectivity index (χ0v) is 10.9. The smallest absolute Gasteiger partial charge is 0.0666 e. The molecule has 0 amide bonds. The molecule has 3 unspecified atom stereocenters. The first kappa shape index (κ1) is 11.3. The maximum absolute atomic E-state index is 4.50. The molecule has 2 bridgehead atoms. The molecule has 2 aliphatic carbocycles. The molecular formula is C14H23N3. The van der Waals surface area contributed by atoms with Crippen molar-refractivity contribution in [3.05, 3.63) is 17.5 Å². The van der Waals surface area contributed by atoms with Crippen molar-refractivity contribution >= 4 is 0 Å². The molecule has 3 heteroatoms. The lowest BCUT2D eigenvalue weighted by Crippen LogP contribution is -2.33. The Balaban J connectivity index is 1.60. The Morgan fingerprint density at radius 2 is 2.29 bits per heavy atom. The molecule has 0 saturated heterocycles. The minimum absolute atomic E-state index is 0.777. The summed E-state index contributed by atoms with van der Waals surface area (Å²) in [4.78, 5) is 0. The maximum Gasteiger partial charge on any atom is 0.0666 e. The van der Waals surface area contributed by atoms with Gasteiger partial charge < -0.3 is 5.32 Å². The van der Waals surface area contributed by atoms with E-state index in [2.05, 4.69) is 23.5 Å². The fourth-order valence-electron chi connectivity index (χ4n) is 3.76. The van der Waals surface area contributed by atoms with Crippen molar-refractivity contribution in [1.29, 1.82) is 0 Å². The topological polar surface area (TPSA) is 29.9 Å². The van der Waals surface area contributed by atoms with Crippen LogP contribution in [0.25, 0.3) is 0 Å². The van der Waals surface area contributed by atoms with Crippen LogP contribution in [0.5, 0.6) is 0 Å². The Morgan fingerprint density at radius 1 is 1.41 bits per heavy atom. The fraction of sp³-hybridized carbons (Fsp3) is 0.786. The van der Waals surface area contributed by atoms with Gasteiger partial charge in [-0.15, -0.1) is 0 Å². The van der Waals surface area contributed by atoms with Crippen molar-refractivity contribution in [1.82, 2.24) is 15.1 Å². The van der Waals surface area contributed by atoms with Crippen LogP contribution in [0.4, 0.5) is 0 Å². The molecule has 1 aromatic heterocycles. The van der Waals surface area contributed by atoms with Crippen LogP contribution in [0.3, 0.4) is 0 Å². The molecule has 0 aromatic carbocycles. The lowest BCUT2D eigenvalue weighted by molar-refractivity contribution is 0.350. The lowest BCUT2D eigenvalue weighted by atomic mass is 9.95. The van der Waals surface area contributed by atoms with Crippen molar-refractivity contribution in [2.75, 3.05) is 0 Å². The second-order valence-electron chi connectivity index (χ2n) is 5.79. The SMILES string of the molecule is CCc1nn(C)cc1CNC1CC2CCC1C2. The molecule has 1 heterocycles. The summed E-state index contributed by atoms with van der Waals surface area (Å²) in [6.07, 6.45) is 9.03. The van der Waals surface area contributed by atoms with Crippen molar-refractivity contribution in [3.63, 3.8) is 0 Å². The van der Waals surface area contributed by atoms with Crippen molar-refractivity contribution in [2.45, 2.75) is 51.6 Å². The van der Waals surface area contributed by atoms with Gasteiger partial charge in [0.25, 0.3) is 0 Å². The number of hydrogen-bond acceptors (Lipinski definition) is 2. The molecule has 94 valence electrons. The first-order valence-electron chi connectivity index (χ1n) is 7.01. The van der Waals surface area contributed by atoms with Gasteiger partial charge in [-0.2, -0.15) is 5.10 Å². The van der Waals surface area contributed by atoms with E-state index in [1.165, 1.54) is 36.9 Å². The number of rotatable bonds is 4. The van der Waals surface area contributed by atoms with E-state index in [0.717, 1.165) is 30.8 Å². The van der Waals surface area contributed by atoms with E-state index in [1.54, 1.807) is 0 Å². The van der Waals surface area contributed by atoms with E-state index in [1.807, 2.05) is 11.7 Å². The predicted octanol–water partition coefficient (Wildman–Crippen LogP) is 2.26. The van der Waals surface area contributed by atoms with E-state index in [0.29, 0.717) is 0 Å². The second kappa shape index (κ2) is 4.45. The maximum atomic E-state index is 4.50. The average Bonchev–Trinajstić information content (AvgIpc) is 3.00. The van der Waals surface area contributed by atoms with Crippen LogP contribution in [0.1, 0.15) is 43.9 Å². The highest BCUT2D eigenvalue weighted by molar-refractivity contribution is 5.17. The molecule has 0 aliphatic heterocycles. The highest BCUT2D eigenvalue weighted by atomic mass is 15.3. The molecule has 3 nitrogen and oxygen atoms in total. The van der Waals surface area contributed by atoms with Gasteiger partial charge in [0.05, 0.1) is 5.69 Å². The highest BCUT2D eigenvalue weighted by Crippen LogP contribution is 2.44. The second-order valence-corrected chi connectivity index (χ2v) is 5.79. The van der Waals surface area contributed by atoms with Gasteiger partial charge in [-0.1, -0.05) is 13.3 Å². The Morgan fingerprint density at radius 3 is 2.94 bits per heavy atom. The molecule has 2 aliphatic rings. The van der Waals surface area contributed by atoms with Crippen LogP contribution in [0.2, 0.25) is 0 Å². The molecule has 3 rings (SSSR count). The zero-order chi connectivity index (χ0) is 11.8. The Bertz CT molecular complexity index is 396. The van der Waals surface area contributed by atoms with Crippen LogP contribution >= 0.6 is 0 Å². The minimum Gasteiger partial charge on any atom is -0.310 e. The lowest BCUT2D eigenvalue weighted by Gasteiger charge is -2.22. The van der Waals surface area contributed by atoms with Crippen molar-refractivity contribution in [3.8, 4) is 0 Å². The van der Waals surface area contributed by atoms with Gasteiger partial charge in [0.1, 0.15) is 0 Å². The van der Waals surface area contributed by atoms with Crippen LogP contribution in [-0.4, -0.2) is 15.8 Å². The summed E-state index contributed by atoms with van der Waals surface area (Å²) in [5.41, 5.74) is 2.64. The normalized spacial score (nSPS) is 31.3. The molecule has 17 heavy (non-hydrogen) atoms. The average molecular weight is 233 g/mol. The summed E-state index contributed by atoms with van der Waals surface area (Å²) >= 11 is 0. The summed E-state index contributed by atoms with van der Waals surface area (Å²) in [6.45, 7) is 3.19. The van der Waals surface area contributed by atoms with Gasteiger partial charge in [-0.3, -0.25) is 4.68 Å². The van der Waals surface area contributed by atoms with Gasteiger partial charge in [0.2, 0.25) is 0 Å². The first-order valence-corrected chi connectivity index (χ1v) is 7.01. The zero-order valence-electron chi connectivity index (χ0n) is 10.9. The quantitative estimate of drug-likeness (QED) is 0.864. The molecule has 0 spiro atoms.